The Bertz CT molecular complexity index is 536. The second-order valence-electron chi connectivity index (χ2n) is 3.55. The van der Waals surface area contributed by atoms with E-state index in [1.807, 2.05) is 0 Å². The molecule has 0 aliphatic carbocycles. The summed E-state index contributed by atoms with van der Waals surface area (Å²) in [6.07, 6.45) is -2.16. The van der Waals surface area contributed by atoms with Gasteiger partial charge in [0.05, 0.1) is 16.8 Å². The van der Waals surface area contributed by atoms with Crippen molar-refractivity contribution in [3.63, 3.8) is 0 Å². The van der Waals surface area contributed by atoms with E-state index in [0.717, 1.165) is 12.1 Å². The first-order valence-electron chi connectivity index (χ1n) is 5.14. The summed E-state index contributed by atoms with van der Waals surface area (Å²) < 4.78 is 37.5. The minimum Gasteiger partial charge on any atom is -0.478 e. The lowest BCUT2D eigenvalue weighted by Gasteiger charge is -2.11. The van der Waals surface area contributed by atoms with Gasteiger partial charge in [-0.1, -0.05) is 6.08 Å². The standard InChI is InChI=1S/C12H10F3NO3/c1-2-3-10(17)16-9-6-7(12(13,14)15)4-5-8(9)11(18)19/h2-6H,1H3,(H,16,17)(H,18,19). The minimum absolute atomic E-state index is 0.398. The van der Waals surface area contributed by atoms with E-state index in [2.05, 4.69) is 5.32 Å². The maximum Gasteiger partial charge on any atom is 0.416 e. The van der Waals surface area contributed by atoms with Crippen molar-refractivity contribution in [1.82, 2.24) is 0 Å². The summed E-state index contributed by atoms with van der Waals surface area (Å²) in [7, 11) is 0. The molecule has 7 heteroatoms. The number of amides is 1. The van der Waals surface area contributed by atoms with Crippen molar-refractivity contribution in [1.29, 1.82) is 0 Å². The summed E-state index contributed by atoms with van der Waals surface area (Å²) in [6.45, 7) is 1.55. The quantitative estimate of drug-likeness (QED) is 0.832. The van der Waals surface area contributed by atoms with Gasteiger partial charge in [0.15, 0.2) is 0 Å². The van der Waals surface area contributed by atoms with E-state index in [0.29, 0.717) is 12.1 Å². The van der Waals surface area contributed by atoms with E-state index in [1.165, 1.54) is 6.08 Å². The zero-order valence-electron chi connectivity index (χ0n) is 9.78. The molecule has 1 rings (SSSR count). The number of rotatable bonds is 3. The number of carbonyl (C=O) groups is 2. The molecule has 0 radical (unpaired) electrons. The average molecular weight is 273 g/mol. The van der Waals surface area contributed by atoms with Crippen molar-refractivity contribution in [3.05, 3.63) is 41.5 Å². The third-order valence-corrected chi connectivity index (χ3v) is 2.15. The molecular formula is C12H10F3NO3. The van der Waals surface area contributed by atoms with Gasteiger partial charge in [-0.05, 0) is 31.2 Å². The van der Waals surface area contributed by atoms with Gasteiger partial charge in [-0.3, -0.25) is 4.79 Å². The molecule has 1 aromatic rings. The van der Waals surface area contributed by atoms with Gasteiger partial charge < -0.3 is 10.4 Å². The van der Waals surface area contributed by atoms with Crippen LogP contribution in [-0.4, -0.2) is 17.0 Å². The lowest BCUT2D eigenvalue weighted by molar-refractivity contribution is -0.137. The molecule has 0 saturated heterocycles. The molecule has 1 amide bonds. The van der Waals surface area contributed by atoms with Crippen molar-refractivity contribution < 1.29 is 27.9 Å². The van der Waals surface area contributed by atoms with Crippen molar-refractivity contribution >= 4 is 17.6 Å². The van der Waals surface area contributed by atoms with Crippen molar-refractivity contribution in [3.8, 4) is 0 Å². The lowest BCUT2D eigenvalue weighted by Crippen LogP contribution is -2.14. The minimum atomic E-state index is -4.61. The first-order valence-corrected chi connectivity index (χ1v) is 5.14. The molecule has 2 N–H and O–H groups in total. The third kappa shape index (κ3) is 3.84. The van der Waals surface area contributed by atoms with E-state index < -0.39 is 34.9 Å². The van der Waals surface area contributed by atoms with Crippen LogP contribution < -0.4 is 5.32 Å². The smallest absolute Gasteiger partial charge is 0.416 e. The summed E-state index contributed by atoms with van der Waals surface area (Å²) in [5.74, 6) is -2.13. The fraction of sp³-hybridized carbons (Fsp3) is 0.167. The Labute approximate surface area is 106 Å². The third-order valence-electron chi connectivity index (χ3n) is 2.15. The number of hydrogen-bond donors (Lipinski definition) is 2. The van der Waals surface area contributed by atoms with Crippen LogP contribution in [0.5, 0.6) is 0 Å². The molecule has 0 aliphatic rings. The predicted molar refractivity (Wildman–Crippen MR) is 61.8 cm³/mol. The fourth-order valence-corrected chi connectivity index (χ4v) is 1.34. The summed E-state index contributed by atoms with van der Waals surface area (Å²) in [5, 5.41) is 11.0. The fourth-order valence-electron chi connectivity index (χ4n) is 1.34. The monoisotopic (exact) mass is 273 g/mol. The van der Waals surface area contributed by atoms with Gasteiger partial charge >= 0.3 is 12.1 Å². The number of carboxylic acids is 1. The summed E-state index contributed by atoms with van der Waals surface area (Å²) in [4.78, 5) is 22.1. The van der Waals surface area contributed by atoms with E-state index in [-0.39, 0.29) is 0 Å². The number of carbonyl (C=O) groups excluding carboxylic acids is 1. The number of halogens is 3. The predicted octanol–water partition coefficient (Wildman–Crippen LogP) is 2.92. The number of hydrogen-bond acceptors (Lipinski definition) is 2. The number of anilines is 1. The number of alkyl halides is 3. The molecule has 0 bridgehead atoms. The van der Waals surface area contributed by atoms with Gasteiger partial charge in [0, 0.05) is 0 Å². The summed E-state index contributed by atoms with van der Waals surface area (Å²) in [6, 6.07) is 2.04. The normalized spacial score (nSPS) is 11.6. The average Bonchev–Trinajstić information content (AvgIpc) is 2.27. The molecular weight excluding hydrogens is 263 g/mol. The van der Waals surface area contributed by atoms with Crippen LogP contribution in [0.1, 0.15) is 22.8 Å². The van der Waals surface area contributed by atoms with E-state index >= 15 is 0 Å². The number of aromatic carboxylic acids is 1. The zero-order valence-corrected chi connectivity index (χ0v) is 9.78. The van der Waals surface area contributed by atoms with Gasteiger partial charge in [0.1, 0.15) is 0 Å². The molecule has 0 unspecified atom stereocenters. The van der Waals surface area contributed by atoms with Gasteiger partial charge in [-0.25, -0.2) is 4.79 Å². The lowest BCUT2D eigenvalue weighted by atomic mass is 10.1. The van der Waals surface area contributed by atoms with Crippen LogP contribution in [0.25, 0.3) is 0 Å². The molecule has 102 valence electrons. The van der Waals surface area contributed by atoms with Crippen LogP contribution >= 0.6 is 0 Å². The molecule has 0 aromatic heterocycles. The molecule has 0 heterocycles. The Hall–Kier alpha value is -2.31. The Morgan fingerprint density at radius 3 is 2.42 bits per heavy atom. The highest BCUT2D eigenvalue weighted by Gasteiger charge is 2.31. The second-order valence-corrected chi connectivity index (χ2v) is 3.55. The van der Waals surface area contributed by atoms with Crippen molar-refractivity contribution in [2.24, 2.45) is 0 Å². The maximum atomic E-state index is 12.5. The van der Waals surface area contributed by atoms with Crippen molar-refractivity contribution in [2.75, 3.05) is 5.32 Å². The number of carboxylic acid groups (broad SMARTS) is 1. The van der Waals surface area contributed by atoms with Crippen LogP contribution in [0.15, 0.2) is 30.4 Å². The largest absolute Gasteiger partial charge is 0.478 e. The molecule has 1 aromatic carbocycles. The molecule has 0 spiro atoms. The van der Waals surface area contributed by atoms with Crippen LogP contribution in [0.3, 0.4) is 0 Å². The Kier molecular flexibility index (Phi) is 4.31. The van der Waals surface area contributed by atoms with Crippen molar-refractivity contribution in [2.45, 2.75) is 13.1 Å². The highest BCUT2D eigenvalue weighted by Crippen LogP contribution is 2.32. The van der Waals surface area contributed by atoms with Gasteiger partial charge in [0.25, 0.3) is 0 Å². The highest BCUT2D eigenvalue weighted by molar-refractivity contribution is 6.04. The van der Waals surface area contributed by atoms with Gasteiger partial charge in [-0.2, -0.15) is 13.2 Å². The number of benzene rings is 1. The highest BCUT2D eigenvalue weighted by atomic mass is 19.4. The Morgan fingerprint density at radius 2 is 1.95 bits per heavy atom. The van der Waals surface area contributed by atoms with Gasteiger partial charge in [0.2, 0.25) is 5.91 Å². The van der Waals surface area contributed by atoms with E-state index in [4.69, 9.17) is 5.11 Å². The molecule has 0 atom stereocenters. The first kappa shape index (κ1) is 14.7. The van der Waals surface area contributed by atoms with Crippen LogP contribution in [0.4, 0.5) is 18.9 Å². The maximum absolute atomic E-state index is 12.5. The van der Waals surface area contributed by atoms with E-state index in [9.17, 15) is 22.8 Å². The Balaban J connectivity index is 3.23. The summed E-state index contributed by atoms with van der Waals surface area (Å²) in [5.41, 5.74) is -1.84. The number of nitrogens with one attached hydrogen (secondary N) is 1. The molecule has 0 fully saturated rings. The summed E-state index contributed by atoms with van der Waals surface area (Å²) >= 11 is 0. The van der Waals surface area contributed by atoms with Crippen LogP contribution in [0.2, 0.25) is 0 Å². The zero-order chi connectivity index (χ0) is 14.6. The number of allylic oxidation sites excluding steroid dienone is 1. The Morgan fingerprint density at radius 1 is 1.32 bits per heavy atom. The topological polar surface area (TPSA) is 66.4 Å². The van der Waals surface area contributed by atoms with Gasteiger partial charge in [-0.15, -0.1) is 0 Å². The second kappa shape index (κ2) is 5.55. The molecule has 19 heavy (non-hydrogen) atoms. The van der Waals surface area contributed by atoms with Crippen LogP contribution in [-0.2, 0) is 11.0 Å². The first-order chi connectivity index (χ1) is 8.75. The van der Waals surface area contributed by atoms with Crippen LogP contribution in [0, 0.1) is 0 Å². The SMILES string of the molecule is CC=CC(=O)Nc1cc(C(F)(F)F)ccc1C(=O)O. The molecule has 0 saturated carbocycles. The molecule has 4 nitrogen and oxygen atoms in total. The van der Waals surface area contributed by atoms with E-state index in [1.54, 1.807) is 6.92 Å². The molecule has 0 aliphatic heterocycles.